The van der Waals surface area contributed by atoms with E-state index < -0.39 is 0 Å². The second-order valence-corrected chi connectivity index (χ2v) is 36.8. The Morgan fingerprint density at radius 1 is 0.163 bits per heavy atom. The highest BCUT2D eigenvalue weighted by Gasteiger charge is 2.24. The molecule has 0 fully saturated rings. The minimum absolute atomic E-state index is 0.656. The van der Waals surface area contributed by atoms with Gasteiger partial charge < -0.3 is 13.7 Å². The van der Waals surface area contributed by atoms with E-state index in [4.69, 9.17) is 0 Å². The van der Waals surface area contributed by atoms with Crippen LogP contribution in [0.15, 0.2) is 479 Å². The molecule has 0 aliphatic heterocycles. The molecule has 0 atom stereocenters. The lowest BCUT2D eigenvalue weighted by Gasteiger charge is -2.16. The monoisotopic (exact) mass is 1790 g/mol. The minimum Gasteiger partial charge on any atom is -0.309 e. The van der Waals surface area contributed by atoms with Crippen LogP contribution in [-0.4, -0.2) is 18.7 Å². The van der Waals surface area contributed by atoms with E-state index in [0.29, 0.717) is 16.7 Å². The second kappa shape index (κ2) is 33.0. The number of benzene rings is 25. The normalized spacial score (nSPS) is 11.7. The van der Waals surface area contributed by atoms with Crippen molar-refractivity contribution in [3.8, 4) is 124 Å². The summed E-state index contributed by atoms with van der Waals surface area (Å²) in [6.07, 6.45) is 1.86. The van der Waals surface area contributed by atoms with Crippen molar-refractivity contribution in [2.45, 2.75) is 0 Å². The van der Waals surface area contributed by atoms with Crippen LogP contribution in [0.25, 0.3) is 269 Å². The Kier molecular flexibility index (Phi) is 19.0. The maximum Gasteiger partial charge on any atom is 0.0992 e. The highest BCUT2D eigenvalue weighted by atomic mass is 15.0. The van der Waals surface area contributed by atoms with Gasteiger partial charge in [-0.1, -0.05) is 370 Å². The molecule has 0 bridgehead atoms. The summed E-state index contributed by atoms with van der Waals surface area (Å²) in [4.78, 5) is 4.67. The van der Waals surface area contributed by atoms with Crippen molar-refractivity contribution in [2.24, 2.45) is 0 Å². The van der Waals surface area contributed by atoms with Gasteiger partial charge in [-0.2, -0.15) is 15.8 Å². The Bertz CT molecular complexity index is 9810. The largest absolute Gasteiger partial charge is 0.309 e. The third-order valence-electron chi connectivity index (χ3n) is 29.2. The highest BCUT2D eigenvalue weighted by Crippen LogP contribution is 2.49. The minimum atomic E-state index is 0.656. The Morgan fingerprint density at radius 2 is 0.397 bits per heavy atom. The predicted octanol–water partition coefficient (Wildman–Crippen LogP) is 35.4. The molecule has 0 N–H and O–H groups in total. The van der Waals surface area contributed by atoms with Gasteiger partial charge in [0.1, 0.15) is 0 Å². The van der Waals surface area contributed by atoms with Crippen molar-refractivity contribution in [1.29, 1.82) is 15.8 Å². The molecule has 0 aliphatic rings. The average molecular weight is 1790 g/mol. The van der Waals surface area contributed by atoms with Crippen LogP contribution in [0.4, 0.5) is 0 Å². The van der Waals surface area contributed by atoms with E-state index in [1.807, 2.05) is 66.9 Å². The first-order chi connectivity index (χ1) is 69.8. The van der Waals surface area contributed by atoms with Crippen molar-refractivity contribution in [1.82, 2.24) is 18.7 Å². The lowest BCUT2D eigenvalue weighted by atomic mass is 9.87. The third kappa shape index (κ3) is 13.4. The van der Waals surface area contributed by atoms with Crippen molar-refractivity contribution >= 4 is 162 Å². The first kappa shape index (κ1) is 81.2. The van der Waals surface area contributed by atoms with Gasteiger partial charge in [0, 0.05) is 61.1 Å². The summed E-state index contributed by atoms with van der Waals surface area (Å²) in [5.74, 6) is 0. The molecule has 141 heavy (non-hydrogen) atoms. The summed E-state index contributed by atoms with van der Waals surface area (Å²) in [6.45, 7) is 0. The van der Waals surface area contributed by atoms with Crippen LogP contribution in [0.3, 0.4) is 0 Å². The molecule has 4 heterocycles. The molecule has 4 aromatic heterocycles. The second-order valence-electron chi connectivity index (χ2n) is 36.8. The fraction of sp³-hybridized carbons (Fsp3) is 0. The molecular weight excluding hydrogens is 1710 g/mol. The van der Waals surface area contributed by atoms with Crippen LogP contribution >= 0.6 is 0 Å². The number of hydrogen-bond donors (Lipinski definition) is 0. The van der Waals surface area contributed by atoms with E-state index in [-0.39, 0.29) is 0 Å². The molecule has 650 valence electrons. The number of rotatable bonds is 11. The van der Waals surface area contributed by atoms with Crippen molar-refractivity contribution in [3.05, 3.63) is 496 Å². The van der Waals surface area contributed by atoms with Gasteiger partial charge in [-0.05, 0) is 278 Å². The summed E-state index contributed by atoms with van der Waals surface area (Å²) in [6, 6.07) is 176. The summed E-state index contributed by atoms with van der Waals surface area (Å²) >= 11 is 0. The van der Waals surface area contributed by atoms with E-state index in [1.54, 1.807) is 0 Å². The fourth-order valence-electron chi connectivity index (χ4n) is 22.6. The van der Waals surface area contributed by atoms with Crippen LogP contribution in [-0.2, 0) is 0 Å². The zero-order valence-electron chi connectivity index (χ0n) is 76.2. The van der Waals surface area contributed by atoms with Gasteiger partial charge in [0.25, 0.3) is 0 Å². The first-order valence-corrected chi connectivity index (χ1v) is 47.8. The van der Waals surface area contributed by atoms with Gasteiger partial charge in [0.05, 0.1) is 73.7 Å². The van der Waals surface area contributed by atoms with E-state index in [0.717, 1.165) is 99.8 Å². The molecule has 0 radical (unpaired) electrons. The number of para-hydroxylation sites is 3. The molecule has 0 amide bonds. The van der Waals surface area contributed by atoms with Crippen LogP contribution in [0, 0.1) is 34.0 Å². The van der Waals surface area contributed by atoms with Gasteiger partial charge in [-0.3, -0.25) is 4.98 Å². The molecular formula is C134H79N7. The third-order valence-corrected chi connectivity index (χ3v) is 29.2. The molecule has 0 spiro atoms. The molecule has 0 aliphatic carbocycles. The zero-order valence-corrected chi connectivity index (χ0v) is 76.2. The summed E-state index contributed by atoms with van der Waals surface area (Å²) in [5, 5.41) is 59.0. The van der Waals surface area contributed by atoms with Crippen LogP contribution in [0.2, 0.25) is 0 Å². The number of aromatic nitrogens is 4. The van der Waals surface area contributed by atoms with Crippen molar-refractivity contribution in [3.63, 3.8) is 0 Å². The van der Waals surface area contributed by atoms with Gasteiger partial charge in [0.2, 0.25) is 0 Å². The lowest BCUT2D eigenvalue weighted by Crippen LogP contribution is -1.93. The van der Waals surface area contributed by atoms with E-state index >= 15 is 0 Å². The van der Waals surface area contributed by atoms with Crippen LogP contribution < -0.4 is 0 Å². The molecule has 0 saturated carbocycles. The predicted molar refractivity (Wildman–Crippen MR) is 589 cm³/mol. The maximum atomic E-state index is 9.66. The van der Waals surface area contributed by atoms with Crippen molar-refractivity contribution in [2.75, 3.05) is 0 Å². The molecule has 0 saturated heterocycles. The maximum absolute atomic E-state index is 9.66. The highest BCUT2D eigenvalue weighted by molar-refractivity contribution is 6.30. The molecule has 25 aromatic carbocycles. The van der Waals surface area contributed by atoms with Crippen molar-refractivity contribution < 1.29 is 0 Å². The summed E-state index contributed by atoms with van der Waals surface area (Å²) in [5.41, 5.74) is 30.7. The quantitative estimate of drug-likeness (QED) is 0.120. The zero-order chi connectivity index (χ0) is 93.4. The van der Waals surface area contributed by atoms with Gasteiger partial charge in [0.15, 0.2) is 0 Å². The summed E-state index contributed by atoms with van der Waals surface area (Å²) in [7, 11) is 0. The van der Waals surface area contributed by atoms with E-state index in [9.17, 15) is 15.8 Å². The van der Waals surface area contributed by atoms with Gasteiger partial charge in [-0.25, -0.2) is 0 Å². The number of hydrogen-bond acceptors (Lipinski definition) is 4. The Morgan fingerprint density at radius 3 is 0.709 bits per heavy atom. The summed E-state index contributed by atoms with van der Waals surface area (Å²) < 4.78 is 6.82. The molecule has 0 unspecified atom stereocenters. The standard InChI is InChI=1S/C47H28N2.C46H27N3.C41H24N2/c48-29-30-11-21-40-41-24-20-36(28-45(41)49(44(40)27-30)37-9-5-2-6-10-37)31-12-14-33(15-13-31)39-23-17-35-18-25-42-38(32-7-3-1-4-8-32)22-16-34-19-26-43(39)47(35)46(34)42;47-28-29-9-19-38-39-22-18-34(27-44(39)49(43(38)26-29)35-6-2-1-3-7-35)30-10-12-31(13-11-30)36-20-14-32-17-24-41-37(42-8-4-5-25-48-42)21-15-33-16-23-40(36)45(32)46(33)41;42-25-26-9-19-35-36-21-18-32(24-39(36)43(38(35)23-26)33-7-2-1-3-8-33)27-10-12-28(13-11-27)34-20-16-31-15-14-29-5-4-6-30-17-22-37(34)41(31)40(29)30/h1-28H;1-27H;1-24H. The number of nitrogens with zero attached hydrogens (tertiary/aromatic N) is 7. The SMILES string of the molecule is N#Cc1ccc2c3ccc(-c4ccc(-c5ccc6ccc7c(-c8ccccc8)ccc8ccc5c6c87)cc4)cc3n(-c3ccccc3)c2c1.N#Cc1ccc2c3ccc(-c4ccc(-c5ccc6ccc7c(-c8ccccn8)ccc8ccc5c6c87)cc4)cc3n(-c3ccccc3)c2c1.N#Cc1ccc2c3ccc(-c4ccc(-c5ccc6ccc7cccc8ccc5c6c78)cc4)cc3n(-c3ccccc3)c2c1. The Balaban J connectivity index is 0.000000106. The molecule has 7 nitrogen and oxygen atoms in total. The smallest absolute Gasteiger partial charge is 0.0992 e. The molecule has 29 rings (SSSR count). The number of fused-ring (bicyclic) bond motifs is 9. The number of pyridine rings is 1. The fourth-order valence-corrected chi connectivity index (χ4v) is 22.6. The lowest BCUT2D eigenvalue weighted by molar-refractivity contribution is 1.18. The number of nitriles is 3. The van der Waals surface area contributed by atoms with Crippen LogP contribution in [0.1, 0.15) is 16.7 Å². The molecule has 29 aromatic rings. The average Bonchev–Trinajstić information content (AvgIpc) is 1.71. The van der Waals surface area contributed by atoms with E-state index in [2.05, 4.69) is 449 Å². The van der Waals surface area contributed by atoms with E-state index in [1.165, 1.54) is 169 Å². The van der Waals surface area contributed by atoms with Gasteiger partial charge >= 0.3 is 0 Å². The van der Waals surface area contributed by atoms with Gasteiger partial charge in [-0.15, -0.1) is 0 Å². The Labute approximate surface area is 811 Å². The Hall–Kier alpha value is -19.4. The molecule has 7 heteroatoms. The first-order valence-electron chi connectivity index (χ1n) is 47.8. The topological polar surface area (TPSA) is 99.1 Å². The van der Waals surface area contributed by atoms with Crippen LogP contribution in [0.5, 0.6) is 0 Å².